The minimum atomic E-state index is -4.51. The third kappa shape index (κ3) is 3.69. The van der Waals surface area contributed by atoms with Gasteiger partial charge in [-0.3, -0.25) is 9.78 Å². The largest absolute Gasteiger partial charge is 0.417 e. The van der Waals surface area contributed by atoms with Crippen molar-refractivity contribution in [2.24, 2.45) is 0 Å². The van der Waals surface area contributed by atoms with Crippen LogP contribution in [0.15, 0.2) is 53.7 Å². The van der Waals surface area contributed by atoms with Crippen LogP contribution in [0, 0.1) is 0 Å². The number of nitrogens with zero attached hydrogens (tertiary/aromatic N) is 5. The molecule has 0 amide bonds. The van der Waals surface area contributed by atoms with Crippen molar-refractivity contribution < 1.29 is 13.2 Å². The van der Waals surface area contributed by atoms with Crippen LogP contribution in [0.3, 0.4) is 0 Å². The number of aromatic nitrogens is 4. The first kappa shape index (κ1) is 19.4. The van der Waals surface area contributed by atoms with E-state index >= 15 is 0 Å². The Morgan fingerprint density at radius 2 is 1.93 bits per heavy atom. The number of hydrogen-bond donors (Lipinski definition) is 0. The average Bonchev–Trinajstić information content (AvgIpc) is 3.20. The van der Waals surface area contributed by atoms with E-state index in [4.69, 9.17) is 11.6 Å². The lowest BCUT2D eigenvalue weighted by Gasteiger charge is -2.26. The molecule has 0 bridgehead atoms. The van der Waals surface area contributed by atoms with Crippen LogP contribution in [0.5, 0.6) is 0 Å². The van der Waals surface area contributed by atoms with Gasteiger partial charge >= 0.3 is 6.18 Å². The molecule has 10 heteroatoms. The van der Waals surface area contributed by atoms with E-state index in [1.165, 1.54) is 6.20 Å². The lowest BCUT2D eigenvalue weighted by atomic mass is 10.1. The van der Waals surface area contributed by atoms with Crippen LogP contribution < -0.4 is 10.5 Å². The molecule has 0 saturated carbocycles. The number of hydrogen-bond acceptors (Lipinski definition) is 5. The summed E-state index contributed by atoms with van der Waals surface area (Å²) < 4.78 is 39.0. The summed E-state index contributed by atoms with van der Waals surface area (Å²) in [6.45, 7) is 0.685. The van der Waals surface area contributed by atoms with Gasteiger partial charge in [0.05, 0.1) is 29.2 Å². The Labute approximate surface area is 168 Å². The molecule has 4 rings (SSSR count). The van der Waals surface area contributed by atoms with Gasteiger partial charge in [0.15, 0.2) is 5.82 Å². The SMILES string of the molecule is O=c1c(Cl)c(N2CCCC2c2ccccn2)cnn1-c1ccc(C(F)(F)F)cn1. The Kier molecular flexibility index (Phi) is 4.99. The topological polar surface area (TPSA) is 63.9 Å². The van der Waals surface area contributed by atoms with E-state index in [0.717, 1.165) is 35.4 Å². The molecule has 150 valence electrons. The lowest BCUT2D eigenvalue weighted by molar-refractivity contribution is -0.137. The summed E-state index contributed by atoms with van der Waals surface area (Å²) in [5, 5.41) is 4.02. The molecule has 1 saturated heterocycles. The van der Waals surface area contributed by atoms with Crippen LogP contribution in [-0.2, 0) is 6.18 Å². The second kappa shape index (κ2) is 7.47. The van der Waals surface area contributed by atoms with Gasteiger partial charge in [0.2, 0.25) is 0 Å². The molecule has 3 aromatic heterocycles. The summed E-state index contributed by atoms with van der Waals surface area (Å²) in [6, 6.07) is 7.53. The maximum atomic E-state index is 12.7. The molecule has 0 spiro atoms. The summed E-state index contributed by atoms with van der Waals surface area (Å²) in [5.74, 6) is -0.0425. The molecular formula is C19H15ClF3N5O. The summed E-state index contributed by atoms with van der Waals surface area (Å²) in [7, 11) is 0. The van der Waals surface area contributed by atoms with E-state index in [1.54, 1.807) is 6.20 Å². The van der Waals surface area contributed by atoms with Crippen molar-refractivity contribution in [2.45, 2.75) is 25.1 Å². The van der Waals surface area contributed by atoms with Gasteiger partial charge in [0.1, 0.15) is 5.02 Å². The zero-order valence-corrected chi connectivity index (χ0v) is 15.7. The Hall–Kier alpha value is -2.94. The number of anilines is 1. The Morgan fingerprint density at radius 3 is 2.59 bits per heavy atom. The maximum absolute atomic E-state index is 12.7. The first-order valence-electron chi connectivity index (χ1n) is 8.85. The standard InChI is InChI=1S/C19H15ClF3N5O/c20-17-15(27-9-3-5-14(27)13-4-1-2-8-24-13)11-26-28(18(17)29)16-7-6-12(10-25-16)19(21,22)23/h1-2,4,6-8,10-11,14H,3,5,9H2. The van der Waals surface area contributed by atoms with Crippen molar-refractivity contribution in [3.63, 3.8) is 0 Å². The van der Waals surface area contributed by atoms with Crippen molar-refractivity contribution in [2.75, 3.05) is 11.4 Å². The fraction of sp³-hybridized carbons (Fsp3) is 0.263. The Balaban J connectivity index is 1.68. The van der Waals surface area contributed by atoms with Crippen molar-refractivity contribution in [3.05, 3.63) is 75.6 Å². The van der Waals surface area contributed by atoms with E-state index in [1.807, 2.05) is 23.1 Å². The van der Waals surface area contributed by atoms with Crippen LogP contribution in [0.25, 0.3) is 5.82 Å². The highest BCUT2D eigenvalue weighted by molar-refractivity contribution is 6.33. The number of rotatable bonds is 3. The lowest BCUT2D eigenvalue weighted by Crippen LogP contribution is -2.29. The van der Waals surface area contributed by atoms with E-state index in [-0.39, 0.29) is 16.9 Å². The van der Waals surface area contributed by atoms with Gasteiger partial charge in [-0.15, -0.1) is 0 Å². The van der Waals surface area contributed by atoms with Crippen molar-refractivity contribution >= 4 is 17.3 Å². The molecule has 0 radical (unpaired) electrons. The molecule has 3 aromatic rings. The van der Waals surface area contributed by atoms with Gasteiger partial charge in [-0.25, -0.2) is 4.98 Å². The van der Waals surface area contributed by atoms with Crippen LogP contribution in [0.1, 0.15) is 30.1 Å². The molecule has 1 aliphatic rings. The number of alkyl halides is 3. The van der Waals surface area contributed by atoms with Gasteiger partial charge in [-0.2, -0.15) is 23.0 Å². The molecule has 1 unspecified atom stereocenters. The van der Waals surface area contributed by atoms with E-state index < -0.39 is 17.3 Å². The van der Waals surface area contributed by atoms with Crippen LogP contribution in [-0.4, -0.2) is 26.3 Å². The number of halogens is 4. The van der Waals surface area contributed by atoms with Gasteiger partial charge in [0, 0.05) is 18.9 Å². The minimum absolute atomic E-state index is 0.0325. The summed E-state index contributed by atoms with van der Waals surface area (Å²) in [4.78, 5) is 22.8. The van der Waals surface area contributed by atoms with E-state index in [0.29, 0.717) is 18.4 Å². The van der Waals surface area contributed by atoms with Gasteiger partial charge in [-0.05, 0) is 37.1 Å². The second-order valence-corrected chi connectivity index (χ2v) is 6.95. The first-order chi connectivity index (χ1) is 13.9. The molecule has 1 aliphatic heterocycles. The highest BCUT2D eigenvalue weighted by Gasteiger charge is 2.32. The van der Waals surface area contributed by atoms with Gasteiger partial charge < -0.3 is 4.90 Å². The van der Waals surface area contributed by atoms with Crippen LogP contribution >= 0.6 is 11.6 Å². The monoisotopic (exact) mass is 421 g/mol. The minimum Gasteiger partial charge on any atom is -0.360 e. The van der Waals surface area contributed by atoms with Gasteiger partial charge in [0.25, 0.3) is 5.56 Å². The molecule has 4 heterocycles. The molecular weight excluding hydrogens is 407 g/mol. The highest BCUT2D eigenvalue weighted by atomic mass is 35.5. The zero-order chi connectivity index (χ0) is 20.6. The summed E-state index contributed by atoms with van der Waals surface area (Å²) in [6.07, 6.45) is 1.05. The molecule has 29 heavy (non-hydrogen) atoms. The quantitative estimate of drug-likeness (QED) is 0.638. The third-order valence-electron chi connectivity index (χ3n) is 4.78. The second-order valence-electron chi connectivity index (χ2n) is 6.57. The summed E-state index contributed by atoms with van der Waals surface area (Å²) >= 11 is 6.34. The molecule has 0 aliphatic carbocycles. The maximum Gasteiger partial charge on any atom is 0.417 e. The molecule has 0 aromatic carbocycles. The normalized spacial score (nSPS) is 17.0. The van der Waals surface area contributed by atoms with E-state index in [2.05, 4.69) is 15.1 Å². The van der Waals surface area contributed by atoms with E-state index in [9.17, 15) is 18.0 Å². The third-order valence-corrected chi connectivity index (χ3v) is 5.14. The van der Waals surface area contributed by atoms with Crippen LogP contribution in [0.2, 0.25) is 5.02 Å². The fourth-order valence-corrected chi connectivity index (χ4v) is 3.64. The molecule has 1 fully saturated rings. The van der Waals surface area contributed by atoms with Crippen molar-refractivity contribution in [1.29, 1.82) is 0 Å². The van der Waals surface area contributed by atoms with Crippen molar-refractivity contribution in [1.82, 2.24) is 19.7 Å². The Morgan fingerprint density at radius 1 is 1.10 bits per heavy atom. The van der Waals surface area contributed by atoms with Crippen molar-refractivity contribution in [3.8, 4) is 5.82 Å². The zero-order valence-electron chi connectivity index (χ0n) is 15.0. The highest BCUT2D eigenvalue weighted by Crippen LogP contribution is 2.37. The predicted molar refractivity (Wildman–Crippen MR) is 101 cm³/mol. The molecule has 0 N–H and O–H groups in total. The van der Waals surface area contributed by atoms with Crippen LogP contribution in [0.4, 0.5) is 18.9 Å². The Bertz CT molecular complexity index is 1070. The fourth-order valence-electron chi connectivity index (χ4n) is 3.40. The van der Waals surface area contributed by atoms with Gasteiger partial charge in [-0.1, -0.05) is 17.7 Å². The molecule has 1 atom stereocenters. The summed E-state index contributed by atoms with van der Waals surface area (Å²) in [5.41, 5.74) is -0.224. The first-order valence-corrected chi connectivity index (χ1v) is 9.23. The predicted octanol–water partition coefficient (Wildman–Crippen LogP) is 4.04. The number of pyridine rings is 2. The smallest absolute Gasteiger partial charge is 0.360 e. The molecule has 6 nitrogen and oxygen atoms in total. The average molecular weight is 422 g/mol.